The van der Waals surface area contributed by atoms with Gasteiger partial charge < -0.3 is 15.0 Å². The highest BCUT2D eigenvalue weighted by atomic mass is 35.5. The van der Waals surface area contributed by atoms with Gasteiger partial charge in [0.25, 0.3) is 5.91 Å². The van der Waals surface area contributed by atoms with Gasteiger partial charge in [0.15, 0.2) is 0 Å². The lowest BCUT2D eigenvalue weighted by Crippen LogP contribution is -2.42. The highest BCUT2D eigenvalue weighted by molar-refractivity contribution is 7.16. The van der Waals surface area contributed by atoms with Crippen LogP contribution in [0.4, 0.5) is 0 Å². The van der Waals surface area contributed by atoms with Crippen molar-refractivity contribution >= 4 is 28.8 Å². The average molecular weight is 392 g/mol. The molecule has 4 atom stereocenters. The Bertz CT molecular complexity index is 808. The molecule has 2 aromatic rings. The summed E-state index contributed by atoms with van der Waals surface area (Å²) in [6.45, 7) is 3.65. The second-order valence-corrected chi connectivity index (χ2v) is 9.50. The molecular formula is C19H22ClN3O2S. The Labute approximate surface area is 161 Å². The van der Waals surface area contributed by atoms with Gasteiger partial charge in [-0.15, -0.1) is 11.3 Å². The molecule has 5 rings (SSSR count). The van der Waals surface area contributed by atoms with Crippen molar-refractivity contribution in [2.75, 3.05) is 19.6 Å². The van der Waals surface area contributed by atoms with Crippen molar-refractivity contribution in [3.63, 3.8) is 0 Å². The van der Waals surface area contributed by atoms with Gasteiger partial charge in [0, 0.05) is 49.1 Å². The van der Waals surface area contributed by atoms with Crippen LogP contribution in [0.2, 0.25) is 4.34 Å². The van der Waals surface area contributed by atoms with Crippen LogP contribution in [-0.2, 0) is 11.3 Å². The van der Waals surface area contributed by atoms with Crippen LogP contribution in [0.3, 0.4) is 0 Å². The number of carbonyl (C=O) groups excluding carboxylic acids is 1. The number of aromatic nitrogens is 1. The molecule has 0 radical (unpaired) electrons. The van der Waals surface area contributed by atoms with Crippen LogP contribution >= 0.6 is 22.9 Å². The van der Waals surface area contributed by atoms with E-state index in [-0.39, 0.29) is 11.5 Å². The monoisotopic (exact) mass is 391 g/mol. The highest BCUT2D eigenvalue weighted by Gasteiger charge is 2.62. The minimum Gasteiger partial charge on any atom is -0.370 e. The second kappa shape index (κ2) is 6.37. The molecule has 3 saturated heterocycles. The van der Waals surface area contributed by atoms with E-state index >= 15 is 0 Å². The standard InChI is InChI=1S/C19H22ClN3O2S/c20-17-4-3-12(26-17)9-23-10-14-13(16-5-6-19(14,11-23)25-16)8-22-18(24)15-2-1-7-21-15/h1-4,7,13-14,16,21H,5-6,8-11H2,(H,22,24)/t13-,14+,16+,19+/m0/s1. The van der Waals surface area contributed by atoms with Crippen molar-refractivity contribution in [3.05, 3.63) is 45.4 Å². The minimum atomic E-state index is -0.0325. The zero-order valence-electron chi connectivity index (χ0n) is 14.4. The number of nitrogens with one attached hydrogen (secondary N) is 2. The SMILES string of the molecule is O=C(NC[C@H]1[C@H]2CN(Cc3ccc(Cl)s3)C[C@]23CC[C@H]1O3)c1ccc[nH]1. The summed E-state index contributed by atoms with van der Waals surface area (Å²) >= 11 is 7.73. The smallest absolute Gasteiger partial charge is 0.267 e. The first-order valence-corrected chi connectivity index (χ1v) is 10.4. The molecule has 0 unspecified atom stereocenters. The maximum Gasteiger partial charge on any atom is 0.267 e. The molecular weight excluding hydrogens is 370 g/mol. The Kier molecular flexibility index (Phi) is 4.12. The van der Waals surface area contributed by atoms with Crippen molar-refractivity contribution in [1.29, 1.82) is 0 Å². The lowest BCUT2D eigenvalue weighted by atomic mass is 9.73. The fraction of sp³-hybridized carbons (Fsp3) is 0.526. The third-order valence-corrected chi connectivity index (χ3v) is 7.42. The second-order valence-electron chi connectivity index (χ2n) is 7.70. The van der Waals surface area contributed by atoms with E-state index in [2.05, 4.69) is 21.3 Å². The first kappa shape index (κ1) is 16.8. The molecule has 5 nitrogen and oxygen atoms in total. The van der Waals surface area contributed by atoms with E-state index in [4.69, 9.17) is 16.3 Å². The van der Waals surface area contributed by atoms with Crippen LogP contribution in [0.15, 0.2) is 30.5 Å². The first-order valence-electron chi connectivity index (χ1n) is 9.19. The predicted octanol–water partition coefficient (Wildman–Crippen LogP) is 3.14. The van der Waals surface area contributed by atoms with Crippen molar-refractivity contribution in [2.24, 2.45) is 11.8 Å². The number of fused-ring (bicyclic) bond motifs is 1. The van der Waals surface area contributed by atoms with Crippen LogP contribution in [0.5, 0.6) is 0 Å². The quantitative estimate of drug-likeness (QED) is 0.823. The van der Waals surface area contributed by atoms with Gasteiger partial charge in [-0.3, -0.25) is 9.69 Å². The summed E-state index contributed by atoms with van der Waals surface area (Å²) in [5.74, 6) is 0.870. The average Bonchev–Trinajstić information content (AvgIpc) is 3.40. The van der Waals surface area contributed by atoms with Gasteiger partial charge in [0.1, 0.15) is 5.69 Å². The molecule has 5 heterocycles. The number of H-pyrrole nitrogens is 1. The number of carbonyl (C=O) groups is 1. The maximum atomic E-state index is 12.3. The zero-order chi connectivity index (χ0) is 17.7. The van der Waals surface area contributed by atoms with Crippen molar-refractivity contribution in [3.8, 4) is 0 Å². The normalized spacial score (nSPS) is 32.9. The summed E-state index contributed by atoms with van der Waals surface area (Å²) in [4.78, 5) is 19.0. The fourth-order valence-electron chi connectivity index (χ4n) is 5.11. The Morgan fingerprint density at radius 3 is 3.15 bits per heavy atom. The molecule has 1 amide bonds. The lowest BCUT2D eigenvalue weighted by molar-refractivity contribution is 0.00219. The van der Waals surface area contributed by atoms with Gasteiger partial charge in [0.05, 0.1) is 16.0 Å². The number of ether oxygens (including phenoxy) is 1. The summed E-state index contributed by atoms with van der Waals surface area (Å²) in [6, 6.07) is 7.73. The molecule has 1 spiro atoms. The van der Waals surface area contributed by atoms with Crippen molar-refractivity contribution in [2.45, 2.75) is 31.1 Å². The molecule has 3 aliphatic heterocycles. The summed E-state index contributed by atoms with van der Waals surface area (Å²) in [5, 5.41) is 3.10. The molecule has 2 N–H and O–H groups in total. The van der Waals surface area contributed by atoms with Crippen LogP contribution in [0.25, 0.3) is 0 Å². The van der Waals surface area contributed by atoms with E-state index < -0.39 is 0 Å². The number of likely N-dealkylation sites (tertiary alicyclic amines) is 1. The fourth-order valence-corrected chi connectivity index (χ4v) is 6.24. The number of thiophene rings is 1. The molecule has 138 valence electrons. The van der Waals surface area contributed by atoms with Gasteiger partial charge in [-0.25, -0.2) is 0 Å². The van der Waals surface area contributed by atoms with E-state index in [0.29, 0.717) is 30.2 Å². The van der Waals surface area contributed by atoms with Crippen LogP contribution in [0.1, 0.15) is 28.2 Å². The number of aromatic amines is 1. The van der Waals surface area contributed by atoms with Crippen LogP contribution in [-0.4, -0.2) is 47.1 Å². The van der Waals surface area contributed by atoms with Crippen molar-refractivity contribution in [1.82, 2.24) is 15.2 Å². The summed E-state index contributed by atoms with van der Waals surface area (Å²) in [5.41, 5.74) is 0.611. The van der Waals surface area contributed by atoms with Gasteiger partial charge in [-0.1, -0.05) is 11.6 Å². The minimum absolute atomic E-state index is 0.00640. The van der Waals surface area contributed by atoms with Crippen LogP contribution < -0.4 is 5.32 Å². The third-order valence-electron chi connectivity index (χ3n) is 6.20. The van der Waals surface area contributed by atoms with Gasteiger partial charge >= 0.3 is 0 Å². The number of halogens is 1. The van der Waals surface area contributed by atoms with E-state index in [1.807, 2.05) is 12.1 Å². The molecule has 26 heavy (non-hydrogen) atoms. The van der Waals surface area contributed by atoms with E-state index in [1.165, 1.54) is 4.88 Å². The van der Waals surface area contributed by atoms with Gasteiger partial charge in [-0.2, -0.15) is 0 Å². The largest absolute Gasteiger partial charge is 0.370 e. The van der Waals surface area contributed by atoms with Crippen molar-refractivity contribution < 1.29 is 9.53 Å². The topological polar surface area (TPSA) is 57.4 Å². The highest BCUT2D eigenvalue weighted by Crippen LogP contribution is 2.54. The molecule has 2 aromatic heterocycles. The van der Waals surface area contributed by atoms with Crippen LogP contribution in [0, 0.1) is 11.8 Å². The molecule has 3 fully saturated rings. The van der Waals surface area contributed by atoms with E-state index in [0.717, 1.165) is 36.8 Å². The number of nitrogens with zero attached hydrogens (tertiary/aromatic N) is 1. The summed E-state index contributed by atoms with van der Waals surface area (Å²) in [6.07, 6.45) is 4.32. The Balaban J connectivity index is 1.25. The Hall–Kier alpha value is -1.34. The van der Waals surface area contributed by atoms with E-state index in [1.54, 1.807) is 23.6 Å². The summed E-state index contributed by atoms with van der Waals surface area (Å²) in [7, 11) is 0. The zero-order valence-corrected chi connectivity index (χ0v) is 16.0. The number of hydrogen-bond acceptors (Lipinski definition) is 4. The number of rotatable bonds is 5. The van der Waals surface area contributed by atoms with Gasteiger partial charge in [-0.05, 0) is 37.1 Å². The first-order chi connectivity index (χ1) is 12.6. The predicted molar refractivity (Wildman–Crippen MR) is 102 cm³/mol. The van der Waals surface area contributed by atoms with Gasteiger partial charge in [0.2, 0.25) is 0 Å². The molecule has 2 bridgehead atoms. The summed E-state index contributed by atoms with van der Waals surface area (Å²) < 4.78 is 7.32. The molecule has 0 aromatic carbocycles. The Morgan fingerprint density at radius 1 is 1.46 bits per heavy atom. The number of hydrogen-bond donors (Lipinski definition) is 2. The third kappa shape index (κ3) is 2.80. The molecule has 3 aliphatic rings. The molecule has 0 aliphatic carbocycles. The molecule has 7 heteroatoms. The lowest BCUT2D eigenvalue weighted by Gasteiger charge is -2.29. The maximum absolute atomic E-state index is 12.3. The number of amides is 1. The molecule has 0 saturated carbocycles. The van der Waals surface area contributed by atoms with E-state index in [9.17, 15) is 4.79 Å². The Morgan fingerprint density at radius 2 is 2.38 bits per heavy atom.